The topological polar surface area (TPSA) is 195 Å². The number of hydrogen-bond donors (Lipinski definition) is 4. The van der Waals surface area contributed by atoms with Crippen LogP contribution in [0.3, 0.4) is 0 Å². The Morgan fingerprint density at radius 1 is 0.941 bits per heavy atom. The molecule has 0 rings (SSSR count). The summed E-state index contributed by atoms with van der Waals surface area (Å²) >= 11 is 0. The Hall–Kier alpha value is 0.886. The van der Waals surface area contributed by atoms with Gasteiger partial charge >= 0.3 is 63.3 Å². The summed E-state index contributed by atoms with van der Waals surface area (Å²) in [5.41, 5.74) is 0. The average molecular weight is 341 g/mol. The summed E-state index contributed by atoms with van der Waals surface area (Å²) in [6.45, 7) is 0. The van der Waals surface area contributed by atoms with Gasteiger partial charge in [-0.25, -0.2) is 9.59 Å². The van der Waals surface area contributed by atoms with Gasteiger partial charge in [0.2, 0.25) is 0 Å². The van der Waals surface area contributed by atoms with Gasteiger partial charge in [-0.2, -0.15) is 0 Å². The summed E-state index contributed by atoms with van der Waals surface area (Å²) < 4.78 is 34.1. The van der Waals surface area contributed by atoms with Crippen LogP contribution in [0, 0.1) is 0 Å². The molecule has 0 saturated heterocycles. The Bertz CT molecular complexity index is 301. The Morgan fingerprint density at radius 3 is 1.12 bits per heavy atom. The molecule has 0 aromatic carbocycles. The van der Waals surface area contributed by atoms with Crippen molar-refractivity contribution in [3.63, 3.8) is 0 Å². The third-order valence-electron chi connectivity index (χ3n) is 0.805. The number of aliphatic hydroxyl groups is 2. The molecule has 0 radical (unpaired) electrons. The molecule has 0 spiro atoms. The zero-order chi connectivity index (χ0) is 12.8. The molecule has 0 aliphatic carbocycles. The third-order valence-corrected chi connectivity index (χ3v) is 0.805. The second-order valence-electron chi connectivity index (χ2n) is 1.97. The minimum absolute atomic E-state index is 0. The van der Waals surface area contributed by atoms with Crippen molar-refractivity contribution in [3.8, 4) is 0 Å². The number of carboxylic acids is 2. The number of aliphatic hydroxyl groups excluding tert-OH is 2. The average Bonchev–Trinajstić information content (AvgIpc) is 1.98. The second kappa shape index (κ2) is 11.9. The first-order valence-electron chi connectivity index (χ1n) is 2.95. The van der Waals surface area contributed by atoms with Gasteiger partial charge in [0.05, 0.1) is 0 Å². The van der Waals surface area contributed by atoms with Crippen LogP contribution in [-0.4, -0.2) is 62.1 Å². The fraction of sp³-hybridized carbons (Fsp3) is 0.500. The van der Waals surface area contributed by atoms with Gasteiger partial charge in [0.1, 0.15) is 0 Å². The molecule has 98 valence electrons. The van der Waals surface area contributed by atoms with Crippen molar-refractivity contribution in [1.82, 2.24) is 0 Å². The van der Waals surface area contributed by atoms with Crippen molar-refractivity contribution in [2.75, 3.05) is 0 Å². The Morgan fingerprint density at radius 2 is 1.06 bits per heavy atom. The minimum Gasteiger partial charge on any atom is -0.759 e. The van der Waals surface area contributed by atoms with Gasteiger partial charge in [-0.05, 0) is 0 Å². The molecule has 0 fully saturated rings. The Kier molecular flexibility index (Phi) is 18.6. The maximum atomic E-state index is 9.77. The molecule has 0 aromatic heterocycles. The van der Waals surface area contributed by atoms with E-state index in [9.17, 15) is 9.59 Å². The molecule has 4 N–H and O–H groups in total. The summed E-state index contributed by atoms with van der Waals surface area (Å²) in [4.78, 5) is 19.5. The van der Waals surface area contributed by atoms with E-state index in [0.717, 1.165) is 0 Å². The summed E-state index contributed by atoms with van der Waals surface area (Å²) in [6, 6.07) is 0. The third kappa shape index (κ3) is 22.5. The van der Waals surface area contributed by atoms with Crippen LogP contribution in [0.2, 0.25) is 0 Å². The van der Waals surface area contributed by atoms with Crippen LogP contribution in [0.15, 0.2) is 0 Å². The van der Waals surface area contributed by atoms with E-state index in [1.165, 1.54) is 0 Å². The van der Waals surface area contributed by atoms with E-state index in [0.29, 0.717) is 0 Å². The first kappa shape index (κ1) is 26.4. The predicted octanol–water partition coefficient (Wildman–Crippen LogP) is -6.46. The quantitative estimate of drug-likeness (QED) is 0.218. The van der Waals surface area contributed by atoms with Crippen molar-refractivity contribution in [1.29, 1.82) is 0 Å². The standard InChI is InChI=1S/C4H6O6.Fe.K.H2O4S/c5-1(3(7)8)2(6)4(9)10;;;1-5(2,3)4/h1-2,5-6H,(H,7,8)(H,9,10);;;(H2,1,2,3,4)/q;;+1;/p-2. The van der Waals surface area contributed by atoms with Crippen molar-refractivity contribution in [3.05, 3.63) is 0 Å². The van der Waals surface area contributed by atoms with Crippen LogP contribution < -0.4 is 51.4 Å². The zero-order valence-corrected chi connectivity index (χ0v) is 13.2. The number of aliphatic carboxylic acids is 2. The van der Waals surface area contributed by atoms with E-state index < -0.39 is 34.5 Å². The van der Waals surface area contributed by atoms with Gasteiger partial charge in [-0.1, -0.05) is 0 Å². The molecule has 2 atom stereocenters. The SMILES string of the molecule is O=C(O)C(O)C(O)C(=O)O.O=S(=O)([O-])[O-].[Fe].[K+]. The second-order valence-corrected chi connectivity index (χ2v) is 2.79. The maximum absolute atomic E-state index is 9.77. The van der Waals surface area contributed by atoms with Crippen molar-refractivity contribution < 1.29 is 116 Å². The number of hydrogen-bond acceptors (Lipinski definition) is 8. The predicted molar refractivity (Wildman–Crippen MR) is 37.8 cm³/mol. The van der Waals surface area contributed by atoms with E-state index in [-0.39, 0.29) is 68.5 Å². The molecule has 10 nitrogen and oxygen atoms in total. The van der Waals surface area contributed by atoms with Gasteiger partial charge in [-0.3, -0.25) is 8.42 Å². The summed E-state index contributed by atoms with van der Waals surface area (Å²) in [5.74, 6) is -3.54. The molecule has 2 unspecified atom stereocenters. The van der Waals surface area contributed by atoms with Crippen LogP contribution in [0.1, 0.15) is 0 Å². The van der Waals surface area contributed by atoms with Crippen molar-refractivity contribution in [2.45, 2.75) is 12.2 Å². The van der Waals surface area contributed by atoms with E-state index >= 15 is 0 Å². The van der Waals surface area contributed by atoms with Gasteiger partial charge in [-0.15, -0.1) is 0 Å². The van der Waals surface area contributed by atoms with Crippen molar-refractivity contribution in [2.24, 2.45) is 0 Å². The molecule has 13 heteroatoms. The Balaban J connectivity index is -0.000000105. The molecule has 0 aliphatic heterocycles. The first-order valence-corrected chi connectivity index (χ1v) is 4.28. The molecule has 17 heavy (non-hydrogen) atoms. The number of carboxylic acid groups (broad SMARTS) is 2. The van der Waals surface area contributed by atoms with Gasteiger partial charge in [0.15, 0.2) is 12.2 Å². The molecule has 0 saturated carbocycles. The van der Waals surface area contributed by atoms with E-state index in [1.807, 2.05) is 0 Å². The van der Waals surface area contributed by atoms with Gasteiger partial charge in [0, 0.05) is 27.5 Å². The molecule has 0 amide bonds. The zero-order valence-electron chi connectivity index (χ0n) is 8.15. The smallest absolute Gasteiger partial charge is 0.759 e. The first-order chi connectivity index (χ1) is 6.46. The van der Waals surface area contributed by atoms with Gasteiger partial charge in [0.25, 0.3) is 0 Å². The minimum atomic E-state index is -5.17. The molecule has 0 aromatic rings. The molecule has 0 aliphatic rings. The normalized spacial score (nSPS) is 12.7. The molecular formula is C4H6FeKO10S-. The fourth-order valence-electron chi connectivity index (χ4n) is 0.270. The molecule has 0 bridgehead atoms. The number of carbonyl (C=O) groups is 2. The molecule has 0 heterocycles. The summed E-state index contributed by atoms with van der Waals surface area (Å²) in [5, 5.41) is 32.5. The fourth-order valence-corrected chi connectivity index (χ4v) is 0.270. The van der Waals surface area contributed by atoms with Crippen LogP contribution >= 0.6 is 0 Å². The number of rotatable bonds is 3. The van der Waals surface area contributed by atoms with Crippen molar-refractivity contribution >= 4 is 22.3 Å². The maximum Gasteiger partial charge on any atom is 1.00 e. The van der Waals surface area contributed by atoms with E-state index in [1.54, 1.807) is 0 Å². The van der Waals surface area contributed by atoms with E-state index in [2.05, 4.69) is 0 Å². The van der Waals surface area contributed by atoms with Gasteiger partial charge < -0.3 is 29.5 Å². The summed E-state index contributed by atoms with van der Waals surface area (Å²) in [7, 11) is -5.17. The van der Waals surface area contributed by atoms with Crippen LogP contribution in [0.25, 0.3) is 0 Å². The summed E-state index contributed by atoms with van der Waals surface area (Å²) in [6.07, 6.45) is -4.53. The van der Waals surface area contributed by atoms with Crippen LogP contribution in [-0.2, 0) is 37.1 Å². The van der Waals surface area contributed by atoms with Crippen LogP contribution in [0.5, 0.6) is 0 Å². The molecular weight excluding hydrogens is 335 g/mol. The Labute approximate surface area is 148 Å². The monoisotopic (exact) mass is 341 g/mol. The van der Waals surface area contributed by atoms with Crippen LogP contribution in [0.4, 0.5) is 0 Å². The van der Waals surface area contributed by atoms with E-state index in [4.69, 9.17) is 37.9 Å². The largest absolute Gasteiger partial charge is 1.00 e.